The molecule has 18 heavy (non-hydrogen) atoms. The van der Waals surface area contributed by atoms with E-state index in [1.54, 1.807) is 24.3 Å². The van der Waals surface area contributed by atoms with E-state index in [1.165, 1.54) is 0 Å². The van der Waals surface area contributed by atoms with Gasteiger partial charge in [-0.25, -0.2) is 19.3 Å². The molecule has 0 atom stereocenters. The smallest absolute Gasteiger partial charge is 0.362 e. The van der Waals surface area contributed by atoms with E-state index < -0.39 is 22.9 Å². The molecule has 1 aromatic carbocycles. The van der Waals surface area contributed by atoms with E-state index in [0.29, 0.717) is 0 Å². The second-order valence-electron chi connectivity index (χ2n) is 3.30. The van der Waals surface area contributed by atoms with Crippen LogP contribution in [0.4, 0.5) is 0 Å². The average Bonchev–Trinajstić information content (AvgIpc) is 2.31. The van der Waals surface area contributed by atoms with Crippen molar-refractivity contribution in [3.63, 3.8) is 0 Å². The molecule has 1 aromatic heterocycles. The maximum atomic E-state index is 11.8. The van der Waals surface area contributed by atoms with Gasteiger partial charge in [0.05, 0.1) is 5.69 Å². The van der Waals surface area contributed by atoms with E-state index in [0.717, 1.165) is 8.14 Å². The van der Waals surface area contributed by atoms with Crippen LogP contribution in [0.25, 0.3) is 5.69 Å². The van der Waals surface area contributed by atoms with E-state index in [4.69, 9.17) is 5.11 Å². The third kappa shape index (κ3) is 2.18. The monoisotopic (exact) mass is 359 g/mol. The Kier molecular flexibility index (Phi) is 3.28. The van der Waals surface area contributed by atoms with Gasteiger partial charge in [-0.05, 0) is 46.9 Å². The van der Waals surface area contributed by atoms with Crippen molar-refractivity contribution in [2.24, 2.45) is 0 Å². The molecule has 0 bridgehead atoms. The number of benzene rings is 1. The highest BCUT2D eigenvalue weighted by molar-refractivity contribution is 14.1. The van der Waals surface area contributed by atoms with Crippen molar-refractivity contribution in [3.8, 4) is 5.69 Å². The standard InChI is InChI=1S/C10H6IN3O4/c11-5-1-3-6(4-2-5)14-8(15)7(9(16)17)12-13-10(14)18/h1-4H,(H,13,18)(H,16,17). The third-order valence-electron chi connectivity index (χ3n) is 2.16. The summed E-state index contributed by atoms with van der Waals surface area (Å²) in [7, 11) is 0. The maximum Gasteiger partial charge on any atom is 0.362 e. The Balaban J connectivity index is 2.75. The molecule has 2 rings (SSSR count). The Morgan fingerprint density at radius 1 is 1.28 bits per heavy atom. The van der Waals surface area contributed by atoms with Gasteiger partial charge in [-0.1, -0.05) is 0 Å². The number of aromatic carboxylic acids is 1. The van der Waals surface area contributed by atoms with E-state index in [2.05, 4.69) is 27.7 Å². The fourth-order valence-corrected chi connectivity index (χ4v) is 1.72. The van der Waals surface area contributed by atoms with Gasteiger partial charge in [0.15, 0.2) is 0 Å². The van der Waals surface area contributed by atoms with Crippen molar-refractivity contribution in [2.45, 2.75) is 0 Å². The number of carboxylic acid groups (broad SMARTS) is 1. The summed E-state index contributed by atoms with van der Waals surface area (Å²) in [6.07, 6.45) is 0. The highest BCUT2D eigenvalue weighted by Crippen LogP contribution is 2.08. The number of hydrogen-bond acceptors (Lipinski definition) is 4. The van der Waals surface area contributed by atoms with Gasteiger partial charge in [-0.15, -0.1) is 0 Å². The van der Waals surface area contributed by atoms with Crippen molar-refractivity contribution in [2.75, 3.05) is 0 Å². The predicted octanol–water partition coefficient (Wildman–Crippen LogP) is 0.224. The third-order valence-corrected chi connectivity index (χ3v) is 2.88. The number of hydrogen-bond donors (Lipinski definition) is 2. The molecule has 2 aromatic rings. The van der Waals surface area contributed by atoms with Crippen LogP contribution < -0.4 is 11.2 Å². The topological polar surface area (TPSA) is 105 Å². The number of halogens is 1. The van der Waals surface area contributed by atoms with Crippen LogP contribution in [-0.4, -0.2) is 25.8 Å². The molecule has 0 saturated carbocycles. The second kappa shape index (κ2) is 4.72. The maximum absolute atomic E-state index is 11.8. The first-order valence-corrected chi connectivity index (χ1v) is 5.79. The zero-order valence-corrected chi connectivity index (χ0v) is 10.9. The zero-order valence-electron chi connectivity index (χ0n) is 8.75. The van der Waals surface area contributed by atoms with Crippen LogP contribution in [0.2, 0.25) is 0 Å². The summed E-state index contributed by atoms with van der Waals surface area (Å²) in [5.41, 5.74) is -2.20. The summed E-state index contributed by atoms with van der Waals surface area (Å²) in [5, 5.41) is 14.0. The van der Waals surface area contributed by atoms with E-state index in [-0.39, 0.29) is 5.69 Å². The average molecular weight is 359 g/mol. The van der Waals surface area contributed by atoms with Crippen LogP contribution in [-0.2, 0) is 0 Å². The summed E-state index contributed by atoms with van der Waals surface area (Å²) >= 11 is 2.07. The molecule has 0 amide bonds. The number of rotatable bonds is 2. The summed E-state index contributed by atoms with van der Waals surface area (Å²) in [6.45, 7) is 0. The first kappa shape index (κ1) is 12.5. The van der Waals surface area contributed by atoms with Gasteiger partial charge in [0.1, 0.15) is 0 Å². The van der Waals surface area contributed by atoms with Gasteiger partial charge >= 0.3 is 11.7 Å². The lowest BCUT2D eigenvalue weighted by Gasteiger charge is -2.04. The molecular formula is C10H6IN3O4. The van der Waals surface area contributed by atoms with E-state index >= 15 is 0 Å². The lowest BCUT2D eigenvalue weighted by Crippen LogP contribution is -2.38. The van der Waals surface area contributed by atoms with E-state index in [1.807, 2.05) is 5.10 Å². The van der Waals surface area contributed by atoms with Crippen LogP contribution in [0, 0.1) is 3.57 Å². The van der Waals surface area contributed by atoms with Crippen molar-refractivity contribution in [1.29, 1.82) is 0 Å². The second-order valence-corrected chi connectivity index (χ2v) is 4.55. The van der Waals surface area contributed by atoms with Crippen LogP contribution in [0.5, 0.6) is 0 Å². The fraction of sp³-hybridized carbons (Fsp3) is 0. The molecular weight excluding hydrogens is 353 g/mol. The number of carbonyl (C=O) groups is 1. The molecule has 0 saturated heterocycles. The SMILES string of the molecule is O=C(O)c1n[nH]c(=O)n(-c2ccc(I)cc2)c1=O. The highest BCUT2D eigenvalue weighted by atomic mass is 127. The molecule has 0 aliphatic carbocycles. The van der Waals surface area contributed by atoms with Crippen molar-refractivity contribution >= 4 is 28.6 Å². The quantitative estimate of drug-likeness (QED) is 0.747. The minimum Gasteiger partial charge on any atom is -0.476 e. The highest BCUT2D eigenvalue weighted by Gasteiger charge is 2.16. The van der Waals surface area contributed by atoms with Crippen LogP contribution in [0.1, 0.15) is 10.5 Å². The van der Waals surface area contributed by atoms with E-state index in [9.17, 15) is 14.4 Å². The van der Waals surface area contributed by atoms with Gasteiger partial charge in [0, 0.05) is 3.57 Å². The Bertz CT molecular complexity index is 717. The van der Waals surface area contributed by atoms with Gasteiger partial charge in [-0.2, -0.15) is 5.10 Å². The first-order chi connectivity index (χ1) is 8.50. The van der Waals surface area contributed by atoms with Gasteiger partial charge in [-0.3, -0.25) is 4.79 Å². The number of nitrogens with zero attached hydrogens (tertiary/aromatic N) is 2. The number of aromatic amines is 1. The minimum atomic E-state index is -1.49. The largest absolute Gasteiger partial charge is 0.476 e. The molecule has 0 aliphatic heterocycles. The summed E-state index contributed by atoms with van der Waals surface area (Å²) < 4.78 is 1.65. The molecule has 92 valence electrons. The Morgan fingerprint density at radius 3 is 2.44 bits per heavy atom. The lowest BCUT2D eigenvalue weighted by molar-refractivity contribution is 0.0686. The minimum absolute atomic E-state index is 0.284. The summed E-state index contributed by atoms with van der Waals surface area (Å²) in [4.78, 5) is 34.1. The fourth-order valence-electron chi connectivity index (χ4n) is 1.36. The number of nitrogens with one attached hydrogen (secondary N) is 1. The Morgan fingerprint density at radius 2 is 1.89 bits per heavy atom. The van der Waals surface area contributed by atoms with Crippen LogP contribution >= 0.6 is 22.6 Å². The van der Waals surface area contributed by atoms with Crippen molar-refractivity contribution in [1.82, 2.24) is 14.8 Å². The number of carboxylic acids is 1. The Hall–Kier alpha value is -1.97. The van der Waals surface area contributed by atoms with Gasteiger partial charge < -0.3 is 5.11 Å². The zero-order chi connectivity index (χ0) is 13.3. The normalized spacial score (nSPS) is 10.3. The molecule has 2 N–H and O–H groups in total. The first-order valence-electron chi connectivity index (χ1n) is 4.71. The molecule has 0 spiro atoms. The lowest BCUT2D eigenvalue weighted by atomic mass is 10.3. The molecule has 7 nitrogen and oxygen atoms in total. The molecule has 1 heterocycles. The molecule has 0 fully saturated rings. The molecule has 8 heteroatoms. The Labute approximate surface area is 113 Å². The van der Waals surface area contributed by atoms with Gasteiger partial charge in [0.25, 0.3) is 5.56 Å². The number of H-pyrrole nitrogens is 1. The van der Waals surface area contributed by atoms with Crippen molar-refractivity contribution in [3.05, 3.63) is 54.4 Å². The predicted molar refractivity (Wildman–Crippen MR) is 70.1 cm³/mol. The summed E-state index contributed by atoms with van der Waals surface area (Å²) in [5.74, 6) is -1.49. The number of aromatic nitrogens is 3. The van der Waals surface area contributed by atoms with Crippen LogP contribution in [0.3, 0.4) is 0 Å². The van der Waals surface area contributed by atoms with Gasteiger partial charge in [0.2, 0.25) is 5.69 Å². The molecule has 0 radical (unpaired) electrons. The summed E-state index contributed by atoms with van der Waals surface area (Å²) in [6, 6.07) is 6.49. The van der Waals surface area contributed by atoms with Crippen LogP contribution in [0.15, 0.2) is 33.9 Å². The molecule has 0 aliphatic rings. The molecule has 0 unspecified atom stereocenters. The van der Waals surface area contributed by atoms with Crippen molar-refractivity contribution < 1.29 is 9.90 Å².